The Hall–Kier alpha value is -0.550. The average Bonchev–Trinajstić information content (AvgIpc) is 2.67. The SMILES string of the molecule is CC(C)(C)SCc1noc(CC2(CN)CCC2)n1. The third kappa shape index (κ3) is 3.48. The van der Waals surface area contributed by atoms with Crippen molar-refractivity contribution in [1.29, 1.82) is 0 Å². The zero-order chi connectivity index (χ0) is 13.2. The molecule has 1 aliphatic rings. The predicted molar refractivity (Wildman–Crippen MR) is 74.4 cm³/mol. The molecule has 0 radical (unpaired) electrons. The van der Waals surface area contributed by atoms with Gasteiger partial charge in [-0.15, -0.1) is 11.8 Å². The van der Waals surface area contributed by atoms with E-state index in [0.29, 0.717) is 0 Å². The van der Waals surface area contributed by atoms with Gasteiger partial charge in [-0.3, -0.25) is 0 Å². The molecule has 0 aromatic carbocycles. The van der Waals surface area contributed by atoms with Crippen LogP contribution in [0.1, 0.15) is 51.7 Å². The van der Waals surface area contributed by atoms with E-state index in [1.165, 1.54) is 19.3 Å². The highest BCUT2D eigenvalue weighted by Crippen LogP contribution is 2.42. The largest absolute Gasteiger partial charge is 0.339 e. The molecule has 1 aliphatic carbocycles. The quantitative estimate of drug-likeness (QED) is 0.890. The molecule has 102 valence electrons. The molecule has 1 aromatic rings. The van der Waals surface area contributed by atoms with E-state index in [1.54, 1.807) is 0 Å². The summed E-state index contributed by atoms with van der Waals surface area (Å²) in [5.74, 6) is 2.36. The lowest BCUT2D eigenvalue weighted by molar-refractivity contribution is 0.129. The normalized spacial score (nSPS) is 18.7. The fourth-order valence-corrected chi connectivity index (χ4v) is 2.83. The van der Waals surface area contributed by atoms with E-state index in [-0.39, 0.29) is 10.2 Å². The number of nitrogens with zero attached hydrogens (tertiary/aromatic N) is 2. The molecule has 2 N–H and O–H groups in total. The van der Waals surface area contributed by atoms with E-state index >= 15 is 0 Å². The summed E-state index contributed by atoms with van der Waals surface area (Å²) < 4.78 is 5.56. The molecule has 2 rings (SSSR count). The molecular weight excluding hydrogens is 246 g/mol. The van der Waals surface area contributed by atoms with Crippen LogP contribution in [0.15, 0.2) is 4.52 Å². The second-order valence-corrected chi connectivity index (χ2v) is 8.04. The third-order valence-electron chi connectivity index (χ3n) is 3.52. The van der Waals surface area contributed by atoms with Gasteiger partial charge in [0, 0.05) is 11.2 Å². The second-order valence-electron chi connectivity index (χ2n) is 6.24. The standard InChI is InChI=1S/C13H23N3OS/c1-12(2,3)18-8-10-15-11(17-16-10)7-13(9-14)5-4-6-13/h4-9,14H2,1-3H3. The third-order valence-corrected chi connectivity index (χ3v) is 4.79. The number of nitrogens with two attached hydrogens (primary N) is 1. The fraction of sp³-hybridized carbons (Fsp3) is 0.846. The van der Waals surface area contributed by atoms with Crippen molar-refractivity contribution < 1.29 is 4.52 Å². The molecule has 0 saturated heterocycles. The van der Waals surface area contributed by atoms with Gasteiger partial charge >= 0.3 is 0 Å². The highest BCUT2D eigenvalue weighted by atomic mass is 32.2. The number of thioether (sulfide) groups is 1. The van der Waals surface area contributed by atoms with Crippen LogP contribution in [0.3, 0.4) is 0 Å². The van der Waals surface area contributed by atoms with Crippen LogP contribution in [0.25, 0.3) is 0 Å². The maximum absolute atomic E-state index is 5.85. The van der Waals surface area contributed by atoms with E-state index in [4.69, 9.17) is 10.3 Å². The highest BCUT2D eigenvalue weighted by molar-refractivity contribution is 7.99. The number of hydrogen-bond donors (Lipinski definition) is 1. The van der Waals surface area contributed by atoms with Crippen LogP contribution in [0.4, 0.5) is 0 Å². The molecule has 0 spiro atoms. The molecule has 1 heterocycles. The van der Waals surface area contributed by atoms with Crippen LogP contribution >= 0.6 is 11.8 Å². The minimum atomic E-state index is 0.229. The summed E-state index contributed by atoms with van der Waals surface area (Å²) in [6.07, 6.45) is 4.50. The number of rotatable bonds is 5. The fourth-order valence-electron chi connectivity index (χ4n) is 2.15. The Labute approximate surface area is 113 Å². The van der Waals surface area contributed by atoms with E-state index in [2.05, 4.69) is 30.9 Å². The zero-order valence-corrected chi connectivity index (χ0v) is 12.3. The van der Waals surface area contributed by atoms with Crippen LogP contribution in [0.5, 0.6) is 0 Å². The molecule has 0 aliphatic heterocycles. The molecule has 1 saturated carbocycles. The van der Waals surface area contributed by atoms with Crippen molar-refractivity contribution in [2.75, 3.05) is 6.54 Å². The maximum atomic E-state index is 5.85. The molecular formula is C13H23N3OS. The first-order valence-electron chi connectivity index (χ1n) is 6.58. The first kappa shape index (κ1) is 13.9. The Morgan fingerprint density at radius 2 is 2.11 bits per heavy atom. The lowest BCUT2D eigenvalue weighted by Gasteiger charge is -2.39. The predicted octanol–water partition coefficient (Wildman–Crippen LogP) is 2.77. The zero-order valence-electron chi connectivity index (χ0n) is 11.5. The smallest absolute Gasteiger partial charge is 0.227 e. The van der Waals surface area contributed by atoms with Crippen LogP contribution in [0.2, 0.25) is 0 Å². The Morgan fingerprint density at radius 1 is 1.39 bits per heavy atom. The number of hydrogen-bond acceptors (Lipinski definition) is 5. The van der Waals surface area contributed by atoms with Gasteiger partial charge in [0.15, 0.2) is 5.82 Å². The molecule has 0 unspecified atom stereocenters. The van der Waals surface area contributed by atoms with Crippen molar-refractivity contribution in [1.82, 2.24) is 10.1 Å². The first-order valence-corrected chi connectivity index (χ1v) is 7.57. The van der Waals surface area contributed by atoms with Crippen molar-refractivity contribution in [2.45, 2.75) is 57.0 Å². The molecule has 0 atom stereocenters. The molecule has 1 aromatic heterocycles. The minimum Gasteiger partial charge on any atom is -0.339 e. The second kappa shape index (κ2) is 5.21. The molecule has 18 heavy (non-hydrogen) atoms. The van der Waals surface area contributed by atoms with E-state index in [9.17, 15) is 0 Å². The lowest BCUT2D eigenvalue weighted by atomic mass is 9.67. The van der Waals surface area contributed by atoms with E-state index < -0.39 is 0 Å². The van der Waals surface area contributed by atoms with Gasteiger partial charge in [-0.2, -0.15) is 4.98 Å². The van der Waals surface area contributed by atoms with Crippen LogP contribution in [-0.2, 0) is 12.2 Å². The Bertz CT molecular complexity index is 388. The van der Waals surface area contributed by atoms with Crippen molar-refractivity contribution in [3.05, 3.63) is 11.7 Å². The van der Waals surface area contributed by atoms with Crippen LogP contribution < -0.4 is 5.73 Å². The van der Waals surface area contributed by atoms with Gasteiger partial charge in [0.05, 0.1) is 5.75 Å². The van der Waals surface area contributed by atoms with Gasteiger partial charge in [-0.05, 0) is 24.8 Å². The van der Waals surface area contributed by atoms with Crippen molar-refractivity contribution >= 4 is 11.8 Å². The van der Waals surface area contributed by atoms with Gasteiger partial charge in [0.1, 0.15) is 0 Å². The summed E-state index contributed by atoms with van der Waals surface area (Å²) >= 11 is 1.83. The molecule has 4 nitrogen and oxygen atoms in total. The summed E-state index contributed by atoms with van der Waals surface area (Å²) in [4.78, 5) is 4.47. The summed E-state index contributed by atoms with van der Waals surface area (Å²) in [7, 11) is 0. The lowest BCUT2D eigenvalue weighted by Crippen LogP contribution is -2.39. The molecule has 1 fully saturated rings. The van der Waals surface area contributed by atoms with Crippen molar-refractivity contribution in [3.63, 3.8) is 0 Å². The summed E-state index contributed by atoms with van der Waals surface area (Å²) in [5, 5.41) is 4.05. The van der Waals surface area contributed by atoms with Crippen molar-refractivity contribution in [3.8, 4) is 0 Å². The number of aromatic nitrogens is 2. The Balaban J connectivity index is 1.90. The topological polar surface area (TPSA) is 64.9 Å². The van der Waals surface area contributed by atoms with Crippen LogP contribution in [0, 0.1) is 5.41 Å². The molecule has 0 amide bonds. The summed E-state index contributed by atoms with van der Waals surface area (Å²) in [6, 6.07) is 0. The van der Waals surface area contributed by atoms with Gasteiger partial charge in [-0.1, -0.05) is 32.3 Å². The van der Waals surface area contributed by atoms with E-state index in [0.717, 1.165) is 30.4 Å². The first-order chi connectivity index (χ1) is 8.42. The van der Waals surface area contributed by atoms with Crippen LogP contribution in [-0.4, -0.2) is 21.4 Å². The van der Waals surface area contributed by atoms with Crippen molar-refractivity contribution in [2.24, 2.45) is 11.1 Å². The highest BCUT2D eigenvalue weighted by Gasteiger charge is 2.37. The summed E-state index contributed by atoms with van der Waals surface area (Å²) in [5.41, 5.74) is 6.08. The Morgan fingerprint density at radius 3 is 2.61 bits per heavy atom. The Kier molecular flexibility index (Phi) is 4.02. The van der Waals surface area contributed by atoms with Gasteiger partial charge in [0.2, 0.25) is 5.89 Å². The maximum Gasteiger partial charge on any atom is 0.227 e. The van der Waals surface area contributed by atoms with Gasteiger partial charge in [-0.25, -0.2) is 0 Å². The monoisotopic (exact) mass is 269 g/mol. The molecule has 5 heteroatoms. The van der Waals surface area contributed by atoms with Gasteiger partial charge in [0.25, 0.3) is 0 Å². The van der Waals surface area contributed by atoms with E-state index in [1.807, 2.05) is 11.8 Å². The summed E-state index contributed by atoms with van der Waals surface area (Å²) in [6.45, 7) is 7.30. The molecule has 0 bridgehead atoms. The average molecular weight is 269 g/mol. The van der Waals surface area contributed by atoms with Gasteiger partial charge < -0.3 is 10.3 Å². The minimum absolute atomic E-state index is 0.229.